The van der Waals surface area contributed by atoms with Gasteiger partial charge in [-0.25, -0.2) is 11.6 Å². The molecule has 0 spiro atoms. The van der Waals surface area contributed by atoms with Crippen molar-refractivity contribution in [1.82, 2.24) is 15.5 Å². The van der Waals surface area contributed by atoms with Gasteiger partial charge >= 0.3 is 0 Å². The first-order valence-corrected chi connectivity index (χ1v) is 8.67. The van der Waals surface area contributed by atoms with Gasteiger partial charge in [0.2, 0.25) is 23.6 Å². The fraction of sp³-hybridized carbons (Fsp3) is 0.692. The maximum Gasteiger partial charge on any atom is 0.241 e. The third-order valence-corrected chi connectivity index (χ3v) is 4.29. The largest absolute Gasteiger partial charge is 0.384 e. The molecule has 2 N–H and O–H groups in total. The fourth-order valence-electron chi connectivity index (χ4n) is 2.06. The van der Waals surface area contributed by atoms with E-state index in [-0.39, 0.29) is 54.7 Å². The Morgan fingerprint density at radius 2 is 1.87 bits per heavy atom. The van der Waals surface area contributed by atoms with Crippen molar-refractivity contribution in [2.75, 3.05) is 33.4 Å². The monoisotopic (exact) mass is 343 g/mol. The van der Waals surface area contributed by atoms with E-state index >= 15 is 0 Å². The highest BCUT2D eigenvalue weighted by Gasteiger charge is 2.37. The summed E-state index contributed by atoms with van der Waals surface area (Å²) in [7, 11) is 3.30. The van der Waals surface area contributed by atoms with Gasteiger partial charge in [0.25, 0.3) is 0 Å². The molecule has 4 amide bonds. The zero-order chi connectivity index (χ0) is 17.2. The van der Waals surface area contributed by atoms with Gasteiger partial charge in [0.05, 0.1) is 11.9 Å². The predicted octanol–water partition coefficient (Wildman–Crippen LogP) is -1.95. The number of ether oxygens (including phenoxy) is 1. The summed E-state index contributed by atoms with van der Waals surface area (Å²) in [6, 6.07) is 0. The normalized spacial score (nSPS) is 17.4. The molecule has 1 heterocycles. The maximum absolute atomic E-state index is 11.9. The van der Waals surface area contributed by atoms with Gasteiger partial charge in [-0.2, -0.15) is 0 Å². The minimum absolute atomic E-state index is 0.0657. The Balaban J connectivity index is 2.16. The summed E-state index contributed by atoms with van der Waals surface area (Å²) >= 11 is 1.35. The summed E-state index contributed by atoms with van der Waals surface area (Å²) in [6.07, 6.45) is 0.547. The Labute approximate surface area is 140 Å². The van der Waals surface area contributed by atoms with Crippen LogP contribution < -0.4 is 10.6 Å². The van der Waals surface area contributed by atoms with Crippen LogP contribution in [0.2, 0.25) is 0 Å². The first kappa shape index (κ1) is 19.5. The van der Waals surface area contributed by atoms with E-state index in [0.29, 0.717) is 19.7 Å². The Morgan fingerprint density at radius 1 is 1.26 bits per heavy atom. The topological polar surface area (TPSA) is 105 Å². The van der Waals surface area contributed by atoms with Gasteiger partial charge < -0.3 is 15.4 Å². The van der Waals surface area contributed by atoms with Crippen molar-refractivity contribution < 1.29 is 23.9 Å². The molecule has 0 aromatic carbocycles. The van der Waals surface area contributed by atoms with Gasteiger partial charge in [0.15, 0.2) is 7.12 Å². The van der Waals surface area contributed by atoms with Crippen LogP contribution in [0.1, 0.15) is 19.3 Å². The standard InChI is InChI=1S/C13H22BN3O5S/c1-22-7-3-11(19)16-5-4-15-10(18)2-6-17-12(20)8-9(23-14)13(17)21/h9H,2-8,14H2,1H3,(H,15,18)(H,16,19). The molecule has 0 radical (unpaired) electrons. The molecule has 0 aliphatic carbocycles. The van der Waals surface area contributed by atoms with Crippen molar-refractivity contribution in [3.8, 4) is 0 Å². The highest BCUT2D eigenvalue weighted by atomic mass is 32.2. The number of carbonyl (C=O) groups excluding carboxylic acids is 4. The van der Waals surface area contributed by atoms with Crippen molar-refractivity contribution in [2.45, 2.75) is 24.5 Å². The lowest BCUT2D eigenvalue weighted by Crippen LogP contribution is -2.38. The molecule has 10 heteroatoms. The van der Waals surface area contributed by atoms with E-state index in [2.05, 4.69) is 10.6 Å². The van der Waals surface area contributed by atoms with E-state index in [1.807, 2.05) is 0 Å². The summed E-state index contributed by atoms with van der Waals surface area (Å²) < 4.78 is 4.78. The Hall–Kier alpha value is -1.55. The van der Waals surface area contributed by atoms with E-state index < -0.39 is 0 Å². The van der Waals surface area contributed by atoms with Crippen LogP contribution in [0, 0.1) is 0 Å². The Bertz CT molecular complexity index is 463. The average Bonchev–Trinajstić information content (AvgIpc) is 2.81. The molecular formula is C13H22BN3O5S. The second kappa shape index (κ2) is 10.3. The van der Waals surface area contributed by atoms with Crippen LogP contribution in [-0.4, -0.2) is 74.3 Å². The lowest BCUT2D eigenvalue weighted by atomic mass is 10.3. The minimum atomic E-state index is -0.326. The summed E-state index contributed by atoms with van der Waals surface area (Å²) in [5, 5.41) is 4.95. The van der Waals surface area contributed by atoms with Gasteiger partial charge in [0, 0.05) is 46.0 Å². The number of hydrogen-bond donors (Lipinski definition) is 2. The molecule has 1 aliphatic rings. The Morgan fingerprint density at radius 3 is 2.39 bits per heavy atom. The third-order valence-electron chi connectivity index (χ3n) is 3.35. The summed E-state index contributed by atoms with van der Waals surface area (Å²) in [5.41, 5.74) is 0. The fourth-order valence-corrected chi connectivity index (χ4v) is 2.70. The van der Waals surface area contributed by atoms with Gasteiger partial charge in [-0.1, -0.05) is 0 Å². The molecular weight excluding hydrogens is 321 g/mol. The van der Waals surface area contributed by atoms with Gasteiger partial charge in [-0.3, -0.25) is 24.1 Å². The number of amides is 4. The molecule has 1 aliphatic heterocycles. The molecule has 0 saturated carbocycles. The molecule has 0 aromatic rings. The molecule has 1 atom stereocenters. The number of rotatable bonds is 10. The SMILES string of the molecule is BSC1CC(=O)N(CCC(=O)NCCNC(=O)CCOC)C1=O. The average molecular weight is 343 g/mol. The highest BCUT2D eigenvalue weighted by molar-refractivity contribution is 8.20. The molecule has 1 fully saturated rings. The van der Waals surface area contributed by atoms with Gasteiger partial charge in [-0.05, 0) is 0 Å². The first-order valence-electron chi connectivity index (χ1n) is 7.39. The molecule has 128 valence electrons. The number of carbonyl (C=O) groups is 4. The predicted molar refractivity (Wildman–Crippen MR) is 88.4 cm³/mol. The van der Waals surface area contributed by atoms with Crippen LogP contribution in [0.15, 0.2) is 0 Å². The van der Waals surface area contributed by atoms with E-state index in [4.69, 9.17) is 4.74 Å². The van der Waals surface area contributed by atoms with Crippen LogP contribution in [0.25, 0.3) is 0 Å². The zero-order valence-corrected chi connectivity index (χ0v) is 14.2. The molecule has 1 unspecified atom stereocenters. The summed E-state index contributed by atoms with van der Waals surface area (Å²) in [5.74, 6) is -0.852. The maximum atomic E-state index is 11.9. The summed E-state index contributed by atoms with van der Waals surface area (Å²) in [4.78, 5) is 47.7. The lowest BCUT2D eigenvalue weighted by Gasteiger charge is -2.14. The van der Waals surface area contributed by atoms with E-state index in [0.717, 1.165) is 4.90 Å². The molecule has 1 saturated heterocycles. The molecule has 8 nitrogen and oxygen atoms in total. The molecule has 0 bridgehead atoms. The number of likely N-dealkylation sites (tertiary alicyclic amines) is 1. The molecule has 0 aromatic heterocycles. The van der Waals surface area contributed by atoms with Crippen LogP contribution in [-0.2, 0) is 23.9 Å². The number of methoxy groups -OCH3 is 1. The third kappa shape index (κ3) is 6.61. The number of hydrogen-bond acceptors (Lipinski definition) is 6. The van der Waals surface area contributed by atoms with Crippen molar-refractivity contribution in [1.29, 1.82) is 0 Å². The quantitative estimate of drug-likeness (QED) is 0.272. The number of nitrogens with zero attached hydrogens (tertiary/aromatic N) is 1. The molecule has 23 heavy (non-hydrogen) atoms. The van der Waals surface area contributed by atoms with Crippen LogP contribution in [0.5, 0.6) is 0 Å². The van der Waals surface area contributed by atoms with Crippen molar-refractivity contribution in [3.05, 3.63) is 0 Å². The van der Waals surface area contributed by atoms with Crippen LogP contribution in [0.3, 0.4) is 0 Å². The van der Waals surface area contributed by atoms with Crippen molar-refractivity contribution in [3.63, 3.8) is 0 Å². The van der Waals surface area contributed by atoms with E-state index in [1.54, 1.807) is 7.12 Å². The van der Waals surface area contributed by atoms with Gasteiger partial charge in [-0.15, -0.1) is 0 Å². The highest BCUT2D eigenvalue weighted by Crippen LogP contribution is 2.22. The lowest BCUT2D eigenvalue weighted by molar-refractivity contribution is -0.138. The van der Waals surface area contributed by atoms with Crippen LogP contribution in [0.4, 0.5) is 0 Å². The minimum Gasteiger partial charge on any atom is -0.384 e. The molecule has 1 rings (SSSR count). The second-order valence-corrected chi connectivity index (χ2v) is 6.05. The number of nitrogens with one attached hydrogen (secondary N) is 2. The summed E-state index contributed by atoms with van der Waals surface area (Å²) in [6.45, 7) is 1.07. The van der Waals surface area contributed by atoms with E-state index in [1.165, 1.54) is 18.7 Å². The Kier molecular flexibility index (Phi) is 8.71. The van der Waals surface area contributed by atoms with E-state index in [9.17, 15) is 19.2 Å². The smallest absolute Gasteiger partial charge is 0.241 e. The van der Waals surface area contributed by atoms with Crippen LogP contribution >= 0.6 is 11.6 Å². The first-order chi connectivity index (χ1) is 11.0. The number of imide groups is 1. The van der Waals surface area contributed by atoms with Crippen molar-refractivity contribution >= 4 is 42.4 Å². The van der Waals surface area contributed by atoms with Gasteiger partial charge in [0.1, 0.15) is 0 Å². The zero-order valence-electron chi connectivity index (χ0n) is 13.4. The van der Waals surface area contributed by atoms with Crippen molar-refractivity contribution in [2.24, 2.45) is 0 Å². The second-order valence-electron chi connectivity index (χ2n) is 5.00.